The lowest BCUT2D eigenvalue weighted by atomic mass is 10.1. The number of allylic oxidation sites excluding steroid dienone is 18. The molecular weight excluding hydrogens is 336 g/mol. The van der Waals surface area contributed by atoms with Gasteiger partial charge in [-0.15, -0.1) is 0 Å². The lowest BCUT2D eigenvalue weighted by Gasteiger charge is -2.00. The summed E-state index contributed by atoms with van der Waals surface area (Å²) in [7, 11) is 0. The molecule has 150 valence electrons. The van der Waals surface area contributed by atoms with Crippen LogP contribution in [0.15, 0.2) is 109 Å². The van der Waals surface area contributed by atoms with Gasteiger partial charge >= 0.3 is 0 Å². The van der Waals surface area contributed by atoms with Gasteiger partial charge in [-0.3, -0.25) is 0 Å². The van der Waals surface area contributed by atoms with Crippen molar-refractivity contribution >= 4 is 0 Å². The Morgan fingerprint density at radius 3 is 0.714 bits per heavy atom. The molecule has 0 radical (unpaired) electrons. The van der Waals surface area contributed by atoms with Crippen LogP contribution in [0, 0.1) is 0 Å². The lowest BCUT2D eigenvalue weighted by Crippen LogP contribution is -1.81. The van der Waals surface area contributed by atoms with Crippen LogP contribution in [0.5, 0.6) is 0 Å². The quantitative estimate of drug-likeness (QED) is 0.397. The Hall–Kier alpha value is -2.34. The summed E-state index contributed by atoms with van der Waals surface area (Å²) in [4.78, 5) is 0. The molecule has 0 aliphatic heterocycles. The molecule has 0 fully saturated rings. The van der Waals surface area contributed by atoms with E-state index in [9.17, 15) is 0 Å². The largest absolute Gasteiger partial charge is 0.0845 e. The highest BCUT2D eigenvalue weighted by atomic mass is 14.0. The van der Waals surface area contributed by atoms with Crippen molar-refractivity contribution in [1.29, 1.82) is 0 Å². The van der Waals surface area contributed by atoms with Gasteiger partial charge in [0, 0.05) is 0 Å². The summed E-state index contributed by atoms with van der Waals surface area (Å²) < 4.78 is 0. The number of hydrogen-bond acceptors (Lipinski definition) is 0. The first-order valence-electron chi connectivity index (χ1n) is 11.0. The third kappa shape index (κ3) is 18.5. The van der Waals surface area contributed by atoms with Gasteiger partial charge in [-0.05, 0) is 25.7 Å². The van der Waals surface area contributed by atoms with Crippen LogP contribution >= 0.6 is 0 Å². The lowest BCUT2D eigenvalue weighted by molar-refractivity contribution is 0.571. The van der Waals surface area contributed by atoms with Crippen molar-refractivity contribution in [2.45, 2.75) is 64.2 Å². The first-order valence-corrected chi connectivity index (χ1v) is 11.0. The minimum absolute atomic E-state index is 1.20. The Kier molecular flexibility index (Phi) is 17.7. The Bertz CT molecular complexity index is 546. The summed E-state index contributed by atoms with van der Waals surface area (Å²) in [5, 5.41) is 0. The van der Waals surface area contributed by atoms with E-state index in [0.717, 1.165) is 0 Å². The zero-order valence-electron chi connectivity index (χ0n) is 17.5. The molecule has 0 spiro atoms. The van der Waals surface area contributed by atoms with Crippen molar-refractivity contribution in [2.24, 2.45) is 0 Å². The van der Waals surface area contributed by atoms with Gasteiger partial charge < -0.3 is 0 Å². The summed E-state index contributed by atoms with van der Waals surface area (Å²) >= 11 is 0. The second-order valence-corrected chi connectivity index (χ2v) is 6.96. The monoisotopic (exact) mass is 374 g/mol. The summed E-state index contributed by atoms with van der Waals surface area (Å²) in [6.07, 6.45) is 51.0. The van der Waals surface area contributed by atoms with Crippen LogP contribution in [-0.4, -0.2) is 0 Å². The Balaban J connectivity index is 2.41. The molecule has 0 atom stereocenters. The van der Waals surface area contributed by atoms with Crippen LogP contribution in [0.3, 0.4) is 0 Å². The van der Waals surface area contributed by atoms with E-state index in [0.29, 0.717) is 0 Å². The highest BCUT2D eigenvalue weighted by molar-refractivity contribution is 5.21. The fourth-order valence-corrected chi connectivity index (χ4v) is 2.83. The van der Waals surface area contributed by atoms with Crippen LogP contribution in [0.4, 0.5) is 0 Å². The van der Waals surface area contributed by atoms with E-state index in [1.54, 1.807) is 0 Å². The smallest absolute Gasteiger partial charge is 0.0348 e. The van der Waals surface area contributed by atoms with Crippen LogP contribution in [-0.2, 0) is 0 Å². The third-order valence-corrected chi connectivity index (χ3v) is 4.43. The first kappa shape index (κ1) is 23.7. The zero-order valence-corrected chi connectivity index (χ0v) is 17.5. The highest BCUT2D eigenvalue weighted by Crippen LogP contribution is 2.11. The van der Waals surface area contributed by atoms with Gasteiger partial charge in [0.15, 0.2) is 0 Å². The van der Waals surface area contributed by atoms with Crippen molar-refractivity contribution in [2.75, 3.05) is 0 Å². The molecule has 0 N–H and O–H groups in total. The van der Waals surface area contributed by atoms with Gasteiger partial charge in [0.1, 0.15) is 0 Å². The molecule has 0 aromatic carbocycles. The van der Waals surface area contributed by atoms with Gasteiger partial charge in [-0.2, -0.15) is 0 Å². The molecular formula is C28H38. The minimum Gasteiger partial charge on any atom is -0.0845 e. The Morgan fingerprint density at radius 1 is 0.214 bits per heavy atom. The minimum atomic E-state index is 1.20. The SMILES string of the molecule is C1=CC=CC=CC=CC=CCCCCCCCCCCC=CC=CC=CC=C1. The van der Waals surface area contributed by atoms with E-state index >= 15 is 0 Å². The van der Waals surface area contributed by atoms with E-state index < -0.39 is 0 Å². The van der Waals surface area contributed by atoms with Crippen LogP contribution in [0.2, 0.25) is 0 Å². The Morgan fingerprint density at radius 2 is 0.429 bits per heavy atom. The maximum Gasteiger partial charge on any atom is -0.0348 e. The van der Waals surface area contributed by atoms with Crippen LogP contribution in [0.25, 0.3) is 0 Å². The van der Waals surface area contributed by atoms with Gasteiger partial charge in [-0.1, -0.05) is 148 Å². The molecule has 0 aromatic rings. The average Bonchev–Trinajstić information content (AvgIpc) is 2.71. The van der Waals surface area contributed by atoms with Crippen LogP contribution < -0.4 is 0 Å². The third-order valence-electron chi connectivity index (χ3n) is 4.43. The first-order chi connectivity index (χ1) is 14.0. The van der Waals surface area contributed by atoms with Gasteiger partial charge in [-0.25, -0.2) is 0 Å². The van der Waals surface area contributed by atoms with Crippen molar-refractivity contribution in [1.82, 2.24) is 0 Å². The average molecular weight is 375 g/mol. The van der Waals surface area contributed by atoms with E-state index in [1.807, 2.05) is 48.6 Å². The molecule has 0 amide bonds. The molecule has 1 rings (SSSR count). The predicted molar refractivity (Wildman–Crippen MR) is 128 cm³/mol. The number of hydrogen-bond donors (Lipinski definition) is 0. The van der Waals surface area contributed by atoms with Gasteiger partial charge in [0.2, 0.25) is 0 Å². The second kappa shape index (κ2) is 21.0. The Labute approximate surface area is 173 Å². The molecule has 0 saturated carbocycles. The van der Waals surface area contributed by atoms with E-state index in [1.165, 1.54) is 64.2 Å². The summed E-state index contributed by atoms with van der Waals surface area (Å²) in [6, 6.07) is 0. The standard InChI is InChI=1S/C28H38/c1-2-4-6-8-10-12-14-16-18-20-22-24-26-28-27-25-23-21-19-17-15-13-11-9-7-5-3-1/h1-18H,19-28H2. The summed E-state index contributed by atoms with van der Waals surface area (Å²) in [5.74, 6) is 0. The molecule has 0 aromatic heterocycles. The zero-order chi connectivity index (χ0) is 19.8. The maximum atomic E-state index is 2.28. The number of rotatable bonds is 0. The van der Waals surface area contributed by atoms with Crippen molar-refractivity contribution in [3.63, 3.8) is 0 Å². The van der Waals surface area contributed by atoms with Gasteiger partial charge in [0.25, 0.3) is 0 Å². The van der Waals surface area contributed by atoms with E-state index in [4.69, 9.17) is 0 Å². The highest BCUT2D eigenvalue weighted by Gasteiger charge is 1.91. The summed E-state index contributed by atoms with van der Waals surface area (Å²) in [5.41, 5.74) is 0. The molecule has 0 heterocycles. The molecule has 0 nitrogen and oxygen atoms in total. The fraction of sp³-hybridized carbons (Fsp3) is 0.357. The maximum absolute atomic E-state index is 2.28. The van der Waals surface area contributed by atoms with E-state index in [2.05, 4.69) is 60.8 Å². The molecule has 28 heavy (non-hydrogen) atoms. The molecule has 0 bridgehead atoms. The topological polar surface area (TPSA) is 0 Å². The predicted octanol–water partition coefficient (Wildman–Crippen LogP) is 8.91. The van der Waals surface area contributed by atoms with Crippen LogP contribution in [0.1, 0.15) is 64.2 Å². The van der Waals surface area contributed by atoms with Crippen molar-refractivity contribution in [3.8, 4) is 0 Å². The molecule has 0 heteroatoms. The normalized spacial score (nSPS) is 18.9. The molecule has 0 unspecified atom stereocenters. The molecule has 1 aliphatic rings. The second-order valence-electron chi connectivity index (χ2n) is 6.96. The summed E-state index contributed by atoms with van der Waals surface area (Å²) in [6.45, 7) is 0. The molecule has 0 saturated heterocycles. The van der Waals surface area contributed by atoms with Gasteiger partial charge in [0.05, 0.1) is 0 Å². The van der Waals surface area contributed by atoms with E-state index in [-0.39, 0.29) is 0 Å². The fourth-order valence-electron chi connectivity index (χ4n) is 2.83. The van der Waals surface area contributed by atoms with Crippen molar-refractivity contribution < 1.29 is 0 Å². The van der Waals surface area contributed by atoms with Crippen molar-refractivity contribution in [3.05, 3.63) is 109 Å². The molecule has 1 aliphatic carbocycles.